The quantitative estimate of drug-likeness (QED) is 0.434. The first kappa shape index (κ1) is 22.7. The number of unbranched alkanes of at least 4 members (excludes halogenated alkanes) is 1. The lowest BCUT2D eigenvalue weighted by atomic mass is 9.62. The number of hydrogen-bond donors (Lipinski definition) is 0. The van der Waals surface area contributed by atoms with Crippen LogP contribution in [0, 0.1) is 19.3 Å². The van der Waals surface area contributed by atoms with E-state index in [2.05, 4.69) is 63.1 Å². The Labute approximate surface area is 192 Å². The molecule has 2 aromatic rings. The molecule has 0 unspecified atom stereocenters. The summed E-state index contributed by atoms with van der Waals surface area (Å²) < 4.78 is 18.0. The summed E-state index contributed by atoms with van der Waals surface area (Å²) in [5.41, 5.74) is 5.18. The smallest absolute Gasteiger partial charge is 0.161 e. The van der Waals surface area contributed by atoms with E-state index in [0.29, 0.717) is 11.5 Å². The number of likely N-dealkylation sites (tertiary alicyclic amines) is 1. The van der Waals surface area contributed by atoms with Crippen LogP contribution in [0.4, 0.5) is 0 Å². The van der Waals surface area contributed by atoms with Gasteiger partial charge in [-0.1, -0.05) is 19.4 Å². The monoisotopic (exact) mass is 435 g/mol. The normalized spacial score (nSPS) is 19.1. The summed E-state index contributed by atoms with van der Waals surface area (Å²) in [5.74, 6) is 3.51. The Morgan fingerprint density at radius 2 is 1.94 bits per heavy atom. The number of nitrogens with zero attached hydrogens (tertiary/aromatic N) is 1. The van der Waals surface area contributed by atoms with Crippen LogP contribution in [0.25, 0.3) is 11.1 Å². The Hall–Kier alpha value is -2.46. The van der Waals surface area contributed by atoms with E-state index >= 15 is 0 Å². The summed E-state index contributed by atoms with van der Waals surface area (Å²) in [6.07, 6.45) is 9.20. The lowest BCUT2D eigenvalue weighted by Crippen LogP contribution is -2.63. The highest BCUT2D eigenvalue weighted by atomic mass is 16.5. The molecule has 1 saturated carbocycles. The van der Waals surface area contributed by atoms with Crippen molar-refractivity contribution in [2.45, 2.75) is 59.5 Å². The van der Waals surface area contributed by atoms with Crippen LogP contribution in [-0.4, -0.2) is 38.3 Å². The van der Waals surface area contributed by atoms with E-state index in [0.717, 1.165) is 54.3 Å². The molecule has 1 saturated heterocycles. The highest BCUT2D eigenvalue weighted by Crippen LogP contribution is 2.50. The predicted molar refractivity (Wildman–Crippen MR) is 131 cm³/mol. The molecule has 1 spiro atoms. The summed E-state index contributed by atoms with van der Waals surface area (Å²) in [7, 11) is 3.91. The first-order valence-corrected chi connectivity index (χ1v) is 11.8. The minimum Gasteiger partial charge on any atom is -0.493 e. The molecule has 1 aromatic heterocycles. The number of ether oxygens (including phenoxy) is 2. The van der Waals surface area contributed by atoms with Crippen LogP contribution in [0.1, 0.15) is 62.2 Å². The highest BCUT2D eigenvalue weighted by molar-refractivity contribution is 5.83. The zero-order valence-electron chi connectivity index (χ0n) is 20.5. The van der Waals surface area contributed by atoms with E-state index < -0.39 is 0 Å². The van der Waals surface area contributed by atoms with Gasteiger partial charge in [0.1, 0.15) is 17.6 Å². The zero-order chi connectivity index (χ0) is 22.9. The third-order valence-corrected chi connectivity index (χ3v) is 6.81. The van der Waals surface area contributed by atoms with Crippen molar-refractivity contribution in [3.63, 3.8) is 0 Å². The van der Waals surface area contributed by atoms with E-state index in [1.54, 1.807) is 7.11 Å². The first-order chi connectivity index (χ1) is 15.3. The number of hydrogen-bond acceptors (Lipinski definition) is 4. The van der Waals surface area contributed by atoms with Gasteiger partial charge in [-0.3, -0.25) is 0 Å². The Balaban J connectivity index is 1.54. The molecule has 1 aromatic carbocycles. The molecule has 4 nitrogen and oxygen atoms in total. The number of rotatable bonds is 8. The molecule has 4 heteroatoms. The maximum Gasteiger partial charge on any atom is 0.161 e. The molecule has 2 fully saturated rings. The average molecular weight is 436 g/mol. The van der Waals surface area contributed by atoms with E-state index in [4.69, 9.17) is 13.9 Å². The van der Waals surface area contributed by atoms with E-state index in [1.165, 1.54) is 29.8 Å². The molecular weight excluding hydrogens is 398 g/mol. The summed E-state index contributed by atoms with van der Waals surface area (Å²) >= 11 is 0. The maximum absolute atomic E-state index is 6.37. The van der Waals surface area contributed by atoms with Crippen molar-refractivity contribution >= 4 is 11.1 Å². The highest BCUT2D eigenvalue weighted by Gasteiger charge is 2.52. The van der Waals surface area contributed by atoms with Crippen molar-refractivity contribution in [3.05, 3.63) is 59.1 Å². The first-order valence-electron chi connectivity index (χ1n) is 11.8. The van der Waals surface area contributed by atoms with Gasteiger partial charge in [0.25, 0.3) is 0 Å². The van der Waals surface area contributed by atoms with Gasteiger partial charge in [0.15, 0.2) is 11.5 Å². The molecule has 32 heavy (non-hydrogen) atoms. The molecule has 172 valence electrons. The van der Waals surface area contributed by atoms with Gasteiger partial charge >= 0.3 is 0 Å². The lowest BCUT2D eigenvalue weighted by molar-refractivity contribution is -0.109. The molecule has 0 bridgehead atoms. The van der Waals surface area contributed by atoms with Crippen LogP contribution < -0.4 is 9.47 Å². The Bertz CT molecular complexity index is 1020. The van der Waals surface area contributed by atoms with Crippen LogP contribution in [0.2, 0.25) is 0 Å². The largest absolute Gasteiger partial charge is 0.493 e. The second kappa shape index (κ2) is 9.19. The minimum atomic E-state index is 0.297. The fourth-order valence-electron chi connectivity index (χ4n) is 5.30. The van der Waals surface area contributed by atoms with Gasteiger partial charge in [0.2, 0.25) is 0 Å². The number of methoxy groups -OCH3 is 1. The van der Waals surface area contributed by atoms with Gasteiger partial charge in [-0.05, 0) is 94.1 Å². The van der Waals surface area contributed by atoms with Gasteiger partial charge in [-0.25, -0.2) is 0 Å². The number of aryl methyl sites for hydroxylation is 2. The summed E-state index contributed by atoms with van der Waals surface area (Å²) in [6.45, 7) is 10.9. The molecule has 0 amide bonds. The van der Waals surface area contributed by atoms with Crippen molar-refractivity contribution in [2.75, 3.05) is 27.2 Å². The number of furan rings is 1. The van der Waals surface area contributed by atoms with Gasteiger partial charge in [-0.2, -0.15) is 0 Å². The topological polar surface area (TPSA) is 34.8 Å². The molecule has 0 radical (unpaired) electrons. The molecular formula is C28H37NO3. The third kappa shape index (κ3) is 4.66. The third-order valence-electron chi connectivity index (χ3n) is 6.81. The molecule has 0 N–H and O–H groups in total. The summed E-state index contributed by atoms with van der Waals surface area (Å²) in [5, 5.41) is 0. The molecule has 2 heterocycles. The van der Waals surface area contributed by atoms with Crippen LogP contribution in [0.3, 0.4) is 0 Å². The standard InChI is InChI=1S/C28H37NO3/c1-7-8-9-22(25-11-10-21(4)31-25)12-19(2)24-14-26(30-6)27(13-20(24)3)32-23-15-28(16-23)17-29(5)18-28/h9-14,23H,7-8,15-18H2,1-6H3/b19-12-,22-9-. The van der Waals surface area contributed by atoms with Crippen LogP contribution in [0.15, 0.2) is 40.8 Å². The molecule has 2 aliphatic rings. The molecule has 1 aliphatic heterocycles. The Morgan fingerprint density at radius 3 is 2.53 bits per heavy atom. The van der Waals surface area contributed by atoms with Crippen molar-refractivity contribution in [1.82, 2.24) is 4.90 Å². The molecule has 1 aliphatic carbocycles. The summed E-state index contributed by atoms with van der Waals surface area (Å²) in [6, 6.07) is 8.32. The molecule has 0 atom stereocenters. The molecule has 4 rings (SSSR count). The van der Waals surface area contributed by atoms with Crippen LogP contribution >= 0.6 is 0 Å². The predicted octanol–water partition coefficient (Wildman–Crippen LogP) is 6.67. The van der Waals surface area contributed by atoms with Crippen molar-refractivity contribution < 1.29 is 13.9 Å². The van der Waals surface area contributed by atoms with Gasteiger partial charge < -0.3 is 18.8 Å². The van der Waals surface area contributed by atoms with Gasteiger partial charge in [0.05, 0.1) is 7.11 Å². The second-order valence-electron chi connectivity index (χ2n) is 9.82. The SMILES string of the molecule is CCC/C=C(/C=C(/C)c1cc(OC)c(OC2CC3(C2)CN(C)C3)cc1C)c1ccc(C)o1. The van der Waals surface area contributed by atoms with Crippen molar-refractivity contribution in [1.29, 1.82) is 0 Å². The van der Waals surface area contributed by atoms with Gasteiger partial charge in [-0.15, -0.1) is 0 Å². The fraction of sp³-hybridized carbons (Fsp3) is 0.500. The zero-order valence-corrected chi connectivity index (χ0v) is 20.5. The van der Waals surface area contributed by atoms with Gasteiger partial charge in [0, 0.05) is 24.1 Å². The summed E-state index contributed by atoms with van der Waals surface area (Å²) in [4.78, 5) is 2.39. The fourth-order valence-corrected chi connectivity index (χ4v) is 5.30. The minimum absolute atomic E-state index is 0.297. The van der Waals surface area contributed by atoms with Crippen molar-refractivity contribution in [3.8, 4) is 11.5 Å². The van der Waals surface area contributed by atoms with E-state index in [9.17, 15) is 0 Å². The Kier molecular flexibility index (Phi) is 6.52. The van der Waals surface area contributed by atoms with E-state index in [1.807, 2.05) is 13.0 Å². The van der Waals surface area contributed by atoms with Crippen LogP contribution in [-0.2, 0) is 0 Å². The maximum atomic E-state index is 6.37. The second-order valence-corrected chi connectivity index (χ2v) is 9.82. The van der Waals surface area contributed by atoms with E-state index in [-0.39, 0.29) is 0 Å². The number of benzene rings is 1. The van der Waals surface area contributed by atoms with Crippen LogP contribution in [0.5, 0.6) is 11.5 Å². The van der Waals surface area contributed by atoms with Crippen molar-refractivity contribution in [2.24, 2.45) is 5.41 Å². The average Bonchev–Trinajstić information content (AvgIpc) is 3.14. The lowest BCUT2D eigenvalue weighted by Gasteiger charge is -2.57. The Morgan fingerprint density at radius 1 is 1.19 bits per heavy atom. The number of allylic oxidation sites excluding steroid dienone is 4.